The molecule has 1 aliphatic rings. The molecule has 2 rings (SSSR count). The van der Waals surface area contributed by atoms with Gasteiger partial charge in [-0.05, 0) is 6.07 Å². The number of piperazine rings is 1. The fourth-order valence-electron chi connectivity index (χ4n) is 1.52. The van der Waals surface area contributed by atoms with Crippen LogP contribution in [0.5, 0.6) is 0 Å². The summed E-state index contributed by atoms with van der Waals surface area (Å²) in [7, 11) is 0. The maximum Gasteiger partial charge on any atom is 0.243 e. The van der Waals surface area contributed by atoms with Crippen molar-refractivity contribution in [2.75, 3.05) is 13.1 Å². The molecule has 1 aromatic carbocycles. The molecule has 79 valence electrons. The normalized spacial score (nSPS) is 21.2. The second-order valence-electron chi connectivity index (χ2n) is 3.24. The lowest BCUT2D eigenvalue weighted by atomic mass is 10.0. The SMILES string of the molecule is O=C1NCC[N]C1c1cccc(F)c1Cl. The molecule has 1 unspecified atom stereocenters. The average Bonchev–Trinajstić information content (AvgIpc) is 2.23. The number of hydrogen-bond donors (Lipinski definition) is 1. The lowest BCUT2D eigenvalue weighted by molar-refractivity contribution is -0.124. The van der Waals surface area contributed by atoms with Crippen molar-refractivity contribution in [2.24, 2.45) is 0 Å². The van der Waals surface area contributed by atoms with E-state index in [1.165, 1.54) is 12.1 Å². The third kappa shape index (κ3) is 1.96. The molecule has 0 saturated carbocycles. The Morgan fingerprint density at radius 3 is 3.07 bits per heavy atom. The summed E-state index contributed by atoms with van der Waals surface area (Å²) in [5.74, 6) is -0.753. The van der Waals surface area contributed by atoms with Crippen LogP contribution in [0.1, 0.15) is 11.6 Å². The smallest absolute Gasteiger partial charge is 0.243 e. The zero-order valence-corrected chi connectivity index (χ0v) is 8.59. The summed E-state index contributed by atoms with van der Waals surface area (Å²) in [6.07, 6.45) is 0. The minimum Gasteiger partial charge on any atom is -0.353 e. The third-order valence-corrected chi connectivity index (χ3v) is 2.65. The lowest BCUT2D eigenvalue weighted by Crippen LogP contribution is -2.43. The highest BCUT2D eigenvalue weighted by Crippen LogP contribution is 2.27. The maximum atomic E-state index is 13.2. The Labute approximate surface area is 91.6 Å². The first kappa shape index (κ1) is 10.4. The van der Waals surface area contributed by atoms with Crippen LogP contribution in [0.3, 0.4) is 0 Å². The standard InChI is InChI=1S/C10H9ClFN2O/c11-8-6(2-1-3-7(8)12)9-10(15)14-5-4-13-9/h1-3,9H,4-5H2,(H,14,15). The van der Waals surface area contributed by atoms with Gasteiger partial charge >= 0.3 is 0 Å². The first-order valence-corrected chi connectivity index (χ1v) is 4.96. The second kappa shape index (κ2) is 4.16. The Morgan fingerprint density at radius 2 is 2.33 bits per heavy atom. The van der Waals surface area contributed by atoms with Gasteiger partial charge in [0.1, 0.15) is 11.9 Å². The van der Waals surface area contributed by atoms with E-state index in [4.69, 9.17) is 11.6 Å². The van der Waals surface area contributed by atoms with Crippen LogP contribution in [-0.4, -0.2) is 19.0 Å². The molecule has 1 atom stereocenters. The van der Waals surface area contributed by atoms with Crippen LogP contribution >= 0.6 is 11.6 Å². The third-order valence-electron chi connectivity index (χ3n) is 2.25. The molecule has 3 nitrogen and oxygen atoms in total. The molecule has 1 saturated heterocycles. The van der Waals surface area contributed by atoms with Crippen LogP contribution in [0.25, 0.3) is 0 Å². The predicted octanol–water partition coefficient (Wildman–Crippen LogP) is 1.25. The zero-order valence-electron chi connectivity index (χ0n) is 7.84. The van der Waals surface area contributed by atoms with Gasteiger partial charge in [0.2, 0.25) is 5.91 Å². The molecule has 1 heterocycles. The molecule has 0 bridgehead atoms. The highest BCUT2D eigenvalue weighted by molar-refractivity contribution is 6.31. The quantitative estimate of drug-likeness (QED) is 0.771. The predicted molar refractivity (Wildman–Crippen MR) is 54.2 cm³/mol. The van der Waals surface area contributed by atoms with Gasteiger partial charge in [-0.2, -0.15) is 0 Å². The van der Waals surface area contributed by atoms with Gasteiger partial charge in [0.25, 0.3) is 0 Å². The van der Waals surface area contributed by atoms with Crippen molar-refractivity contribution in [3.05, 3.63) is 34.6 Å². The fourth-order valence-corrected chi connectivity index (χ4v) is 1.75. The number of nitrogens with one attached hydrogen (secondary N) is 1. The number of carbonyl (C=O) groups excluding carboxylic acids is 1. The number of amides is 1. The lowest BCUT2D eigenvalue weighted by Gasteiger charge is -2.22. The van der Waals surface area contributed by atoms with Crippen LogP contribution in [0, 0.1) is 5.82 Å². The molecule has 1 radical (unpaired) electrons. The van der Waals surface area contributed by atoms with E-state index in [0.29, 0.717) is 18.7 Å². The molecule has 1 fully saturated rings. The summed E-state index contributed by atoms with van der Waals surface area (Å²) in [5, 5.41) is 6.76. The molecular weight excluding hydrogens is 219 g/mol. The van der Waals surface area contributed by atoms with E-state index in [9.17, 15) is 9.18 Å². The summed E-state index contributed by atoms with van der Waals surface area (Å²) in [5.41, 5.74) is 0.425. The van der Waals surface area contributed by atoms with Crippen molar-refractivity contribution in [2.45, 2.75) is 6.04 Å². The Kier molecular flexibility index (Phi) is 2.88. The highest BCUT2D eigenvalue weighted by atomic mass is 35.5. The van der Waals surface area contributed by atoms with E-state index in [0.717, 1.165) is 0 Å². The van der Waals surface area contributed by atoms with Crippen molar-refractivity contribution < 1.29 is 9.18 Å². The molecular formula is C10H9ClFN2O. The molecule has 1 amide bonds. The summed E-state index contributed by atoms with van der Waals surface area (Å²) in [6, 6.07) is 3.72. The maximum absolute atomic E-state index is 13.2. The Morgan fingerprint density at radius 1 is 1.53 bits per heavy atom. The van der Waals surface area contributed by atoms with Crippen LogP contribution in [0.4, 0.5) is 4.39 Å². The van der Waals surface area contributed by atoms with E-state index in [1.807, 2.05) is 0 Å². The zero-order chi connectivity index (χ0) is 10.8. The van der Waals surface area contributed by atoms with Gasteiger partial charge in [-0.15, -0.1) is 0 Å². The summed E-state index contributed by atoms with van der Waals surface area (Å²) >= 11 is 5.78. The molecule has 0 aliphatic carbocycles. The molecule has 0 aromatic heterocycles. The molecule has 15 heavy (non-hydrogen) atoms. The Balaban J connectivity index is 2.35. The molecule has 5 heteroatoms. The van der Waals surface area contributed by atoms with Crippen LogP contribution in [0.15, 0.2) is 18.2 Å². The van der Waals surface area contributed by atoms with Crippen molar-refractivity contribution in [1.82, 2.24) is 10.6 Å². The van der Waals surface area contributed by atoms with Gasteiger partial charge in [-0.3, -0.25) is 4.79 Å². The van der Waals surface area contributed by atoms with Crippen molar-refractivity contribution >= 4 is 17.5 Å². The van der Waals surface area contributed by atoms with E-state index in [-0.39, 0.29) is 10.9 Å². The van der Waals surface area contributed by atoms with E-state index >= 15 is 0 Å². The van der Waals surface area contributed by atoms with Gasteiger partial charge < -0.3 is 5.32 Å². The monoisotopic (exact) mass is 227 g/mol. The van der Waals surface area contributed by atoms with Crippen LogP contribution in [-0.2, 0) is 4.79 Å². The highest BCUT2D eigenvalue weighted by Gasteiger charge is 2.27. The van der Waals surface area contributed by atoms with Crippen LogP contribution in [0.2, 0.25) is 5.02 Å². The number of hydrogen-bond acceptors (Lipinski definition) is 1. The number of benzene rings is 1. The van der Waals surface area contributed by atoms with Crippen molar-refractivity contribution in [3.63, 3.8) is 0 Å². The minimum atomic E-state index is -0.679. The number of carbonyl (C=O) groups is 1. The topological polar surface area (TPSA) is 43.2 Å². The molecule has 0 spiro atoms. The molecule has 1 aliphatic heterocycles. The van der Waals surface area contributed by atoms with Gasteiger partial charge in [0, 0.05) is 18.7 Å². The summed E-state index contributed by atoms with van der Waals surface area (Å²) in [6.45, 7) is 1.06. The Hall–Kier alpha value is -1.13. The second-order valence-corrected chi connectivity index (χ2v) is 3.62. The van der Waals surface area contributed by atoms with E-state index in [1.54, 1.807) is 6.07 Å². The van der Waals surface area contributed by atoms with E-state index in [2.05, 4.69) is 10.6 Å². The van der Waals surface area contributed by atoms with Gasteiger partial charge in [-0.1, -0.05) is 23.7 Å². The number of rotatable bonds is 1. The van der Waals surface area contributed by atoms with Crippen LogP contribution < -0.4 is 10.6 Å². The number of halogens is 2. The molecule has 1 aromatic rings. The van der Waals surface area contributed by atoms with E-state index < -0.39 is 11.9 Å². The van der Waals surface area contributed by atoms with Gasteiger partial charge in [0.15, 0.2) is 0 Å². The Bertz CT molecular complexity index is 397. The average molecular weight is 228 g/mol. The first-order valence-electron chi connectivity index (χ1n) is 4.58. The van der Waals surface area contributed by atoms with Crippen molar-refractivity contribution in [3.8, 4) is 0 Å². The fraction of sp³-hybridized carbons (Fsp3) is 0.300. The number of nitrogens with zero attached hydrogens (tertiary/aromatic N) is 1. The summed E-state index contributed by atoms with van der Waals surface area (Å²) in [4.78, 5) is 11.5. The van der Waals surface area contributed by atoms with Crippen molar-refractivity contribution in [1.29, 1.82) is 0 Å². The first-order chi connectivity index (χ1) is 7.20. The largest absolute Gasteiger partial charge is 0.353 e. The minimum absolute atomic E-state index is 0.0247. The van der Waals surface area contributed by atoms with Gasteiger partial charge in [-0.25, -0.2) is 9.71 Å². The summed E-state index contributed by atoms with van der Waals surface area (Å²) < 4.78 is 13.2. The van der Waals surface area contributed by atoms with Gasteiger partial charge in [0.05, 0.1) is 5.02 Å². The molecule has 1 N–H and O–H groups in total.